The van der Waals surface area contributed by atoms with Gasteiger partial charge in [0.05, 0.1) is 25.3 Å². The summed E-state index contributed by atoms with van der Waals surface area (Å²) in [7, 11) is 0. The second-order valence-corrected chi connectivity index (χ2v) is 6.23. The number of hydrogen-bond donors (Lipinski definition) is 1. The Kier molecular flexibility index (Phi) is 3.95. The molecule has 7 nitrogen and oxygen atoms in total. The second-order valence-electron chi connectivity index (χ2n) is 6.23. The Labute approximate surface area is 124 Å². The van der Waals surface area contributed by atoms with Gasteiger partial charge in [-0.1, -0.05) is 0 Å². The van der Waals surface area contributed by atoms with Crippen molar-refractivity contribution in [2.75, 3.05) is 26.3 Å². The lowest BCUT2D eigenvalue weighted by molar-refractivity contribution is -0.134. The predicted octanol–water partition coefficient (Wildman–Crippen LogP) is 0.340. The van der Waals surface area contributed by atoms with E-state index in [1.165, 1.54) is 12.8 Å². The van der Waals surface area contributed by atoms with Crippen LogP contribution >= 0.6 is 0 Å². The molecule has 1 aromatic rings. The fourth-order valence-corrected chi connectivity index (χ4v) is 2.69. The summed E-state index contributed by atoms with van der Waals surface area (Å²) in [5, 5.41) is 11.1. The first-order chi connectivity index (χ1) is 10.1. The van der Waals surface area contributed by atoms with Gasteiger partial charge in [-0.3, -0.25) is 9.69 Å². The van der Waals surface area contributed by atoms with Gasteiger partial charge in [-0.05, 0) is 26.7 Å². The van der Waals surface area contributed by atoms with Crippen molar-refractivity contribution in [3.63, 3.8) is 0 Å². The van der Waals surface area contributed by atoms with Gasteiger partial charge in [-0.15, -0.1) is 10.2 Å². The van der Waals surface area contributed by atoms with Crippen LogP contribution in [0.4, 0.5) is 0 Å². The van der Waals surface area contributed by atoms with Crippen LogP contribution in [0.25, 0.3) is 0 Å². The Morgan fingerprint density at radius 2 is 2.14 bits per heavy atom. The quantitative estimate of drug-likeness (QED) is 0.847. The van der Waals surface area contributed by atoms with Crippen molar-refractivity contribution in [1.82, 2.24) is 25.0 Å². The Balaban J connectivity index is 1.58. The monoisotopic (exact) mass is 293 g/mol. The van der Waals surface area contributed by atoms with E-state index < -0.39 is 5.54 Å². The van der Waals surface area contributed by atoms with Crippen molar-refractivity contribution in [3.8, 4) is 0 Å². The molecular formula is C14H23N5O2. The minimum Gasteiger partial charge on any atom is -0.379 e. The van der Waals surface area contributed by atoms with Crippen LogP contribution in [0.5, 0.6) is 0 Å². The molecular weight excluding hydrogens is 270 g/mol. The first kappa shape index (κ1) is 14.5. The van der Waals surface area contributed by atoms with Crippen molar-refractivity contribution >= 4 is 5.91 Å². The smallest absolute Gasteiger partial charge is 0.240 e. The molecule has 0 unspecified atom stereocenters. The maximum Gasteiger partial charge on any atom is 0.240 e. The van der Waals surface area contributed by atoms with Gasteiger partial charge in [-0.25, -0.2) is 0 Å². The maximum atomic E-state index is 12.5. The number of carbonyl (C=O) groups is 1. The molecule has 1 N–H and O–H groups in total. The highest BCUT2D eigenvalue weighted by Crippen LogP contribution is 2.35. The Hall–Kier alpha value is -1.47. The normalized spacial score (nSPS) is 20.5. The van der Waals surface area contributed by atoms with Crippen molar-refractivity contribution in [1.29, 1.82) is 0 Å². The molecule has 2 fully saturated rings. The molecule has 1 aliphatic carbocycles. The van der Waals surface area contributed by atoms with Crippen LogP contribution in [0.3, 0.4) is 0 Å². The fourth-order valence-electron chi connectivity index (χ4n) is 2.69. The van der Waals surface area contributed by atoms with Crippen LogP contribution in [0.2, 0.25) is 0 Å². The third-order valence-corrected chi connectivity index (χ3v) is 4.35. The van der Waals surface area contributed by atoms with Crippen LogP contribution < -0.4 is 5.32 Å². The fraction of sp³-hybridized carbons (Fsp3) is 0.786. The number of aromatic nitrogens is 3. The molecule has 116 valence electrons. The van der Waals surface area contributed by atoms with E-state index in [1.54, 1.807) is 6.33 Å². The standard InChI is InChI=1S/C14H23N5O2/c1-14(2,18-5-7-21-8-6-18)13(20)15-9-12-17-16-10-19(12)11-3-4-11/h10-11H,3-9H2,1-2H3,(H,15,20). The molecule has 2 heterocycles. The highest BCUT2D eigenvalue weighted by molar-refractivity contribution is 5.85. The molecule has 3 rings (SSSR count). The van der Waals surface area contributed by atoms with Crippen LogP contribution in [0, 0.1) is 0 Å². The van der Waals surface area contributed by atoms with Crippen LogP contribution in [0.15, 0.2) is 6.33 Å². The molecule has 0 radical (unpaired) electrons. The van der Waals surface area contributed by atoms with E-state index in [4.69, 9.17) is 4.74 Å². The summed E-state index contributed by atoms with van der Waals surface area (Å²) in [5.74, 6) is 0.860. The Morgan fingerprint density at radius 1 is 1.43 bits per heavy atom. The molecule has 1 aromatic heterocycles. The van der Waals surface area contributed by atoms with Gasteiger partial charge < -0.3 is 14.6 Å². The zero-order valence-electron chi connectivity index (χ0n) is 12.7. The number of rotatable bonds is 5. The van der Waals surface area contributed by atoms with Gasteiger partial charge in [0, 0.05) is 19.1 Å². The summed E-state index contributed by atoms with van der Waals surface area (Å²) in [6.07, 6.45) is 4.11. The number of nitrogens with one attached hydrogen (secondary N) is 1. The summed E-state index contributed by atoms with van der Waals surface area (Å²) in [6.45, 7) is 7.30. The van der Waals surface area contributed by atoms with Gasteiger partial charge >= 0.3 is 0 Å². The first-order valence-electron chi connectivity index (χ1n) is 7.58. The average Bonchev–Trinajstić information content (AvgIpc) is 3.24. The molecule has 0 atom stereocenters. The zero-order chi connectivity index (χ0) is 14.9. The third-order valence-electron chi connectivity index (χ3n) is 4.35. The Morgan fingerprint density at radius 3 is 2.81 bits per heavy atom. The van der Waals surface area contributed by atoms with Crippen molar-refractivity contribution in [2.45, 2.75) is 44.8 Å². The number of carbonyl (C=O) groups excluding carboxylic acids is 1. The molecule has 21 heavy (non-hydrogen) atoms. The lowest BCUT2D eigenvalue weighted by Gasteiger charge is -2.39. The largest absolute Gasteiger partial charge is 0.379 e. The lowest BCUT2D eigenvalue weighted by atomic mass is 10.0. The van der Waals surface area contributed by atoms with Crippen LogP contribution in [0.1, 0.15) is 38.6 Å². The molecule has 1 saturated heterocycles. The summed E-state index contributed by atoms with van der Waals surface area (Å²) in [5.41, 5.74) is -0.534. The van der Waals surface area contributed by atoms with E-state index in [0.717, 1.165) is 18.9 Å². The van der Waals surface area contributed by atoms with Gasteiger partial charge in [0.15, 0.2) is 5.82 Å². The topological polar surface area (TPSA) is 72.3 Å². The molecule has 1 amide bonds. The predicted molar refractivity (Wildman–Crippen MR) is 76.6 cm³/mol. The minimum atomic E-state index is -0.534. The molecule has 0 bridgehead atoms. The summed E-state index contributed by atoms with van der Waals surface area (Å²) < 4.78 is 7.42. The summed E-state index contributed by atoms with van der Waals surface area (Å²) >= 11 is 0. The zero-order valence-corrected chi connectivity index (χ0v) is 12.7. The van der Waals surface area contributed by atoms with Crippen molar-refractivity contribution < 1.29 is 9.53 Å². The first-order valence-corrected chi connectivity index (χ1v) is 7.58. The van der Waals surface area contributed by atoms with Gasteiger partial charge in [-0.2, -0.15) is 0 Å². The minimum absolute atomic E-state index is 0.0229. The number of nitrogens with zero attached hydrogens (tertiary/aromatic N) is 4. The number of ether oxygens (including phenoxy) is 1. The molecule has 1 aliphatic heterocycles. The number of morpholine rings is 1. The number of amides is 1. The Bertz CT molecular complexity index is 503. The van der Waals surface area contributed by atoms with E-state index in [-0.39, 0.29) is 5.91 Å². The highest BCUT2D eigenvalue weighted by Gasteiger charge is 2.35. The van der Waals surface area contributed by atoms with E-state index >= 15 is 0 Å². The van der Waals surface area contributed by atoms with Gasteiger partial charge in [0.1, 0.15) is 6.33 Å². The van der Waals surface area contributed by atoms with Crippen molar-refractivity contribution in [3.05, 3.63) is 12.2 Å². The molecule has 2 aliphatic rings. The van der Waals surface area contributed by atoms with E-state index in [1.807, 2.05) is 13.8 Å². The summed E-state index contributed by atoms with van der Waals surface area (Å²) in [6, 6.07) is 0.527. The van der Waals surface area contributed by atoms with Crippen LogP contribution in [-0.4, -0.2) is 57.4 Å². The highest BCUT2D eigenvalue weighted by atomic mass is 16.5. The lowest BCUT2D eigenvalue weighted by Crippen LogP contribution is -2.58. The second kappa shape index (κ2) is 5.73. The molecule has 1 saturated carbocycles. The van der Waals surface area contributed by atoms with Gasteiger partial charge in [0.2, 0.25) is 5.91 Å². The number of hydrogen-bond acceptors (Lipinski definition) is 5. The maximum absolute atomic E-state index is 12.5. The molecule has 7 heteroatoms. The van der Waals surface area contributed by atoms with Crippen molar-refractivity contribution in [2.24, 2.45) is 0 Å². The molecule has 0 aromatic carbocycles. The van der Waals surface area contributed by atoms with Crippen LogP contribution in [-0.2, 0) is 16.1 Å². The van der Waals surface area contributed by atoms with E-state index in [9.17, 15) is 4.79 Å². The van der Waals surface area contributed by atoms with Gasteiger partial charge in [0.25, 0.3) is 0 Å². The third kappa shape index (κ3) is 3.08. The van der Waals surface area contributed by atoms with E-state index in [0.29, 0.717) is 25.8 Å². The summed E-state index contributed by atoms with van der Waals surface area (Å²) in [4.78, 5) is 14.7. The molecule has 0 spiro atoms. The van der Waals surface area contributed by atoms with E-state index in [2.05, 4.69) is 25.0 Å². The average molecular weight is 293 g/mol. The SMILES string of the molecule is CC(C)(C(=O)NCc1nncn1C1CC1)N1CCOCC1.